The molecule has 3 heterocycles. The molecule has 220 valence electrons. The van der Waals surface area contributed by atoms with Crippen LogP contribution in [0.4, 0.5) is 14.6 Å². The Morgan fingerprint density at radius 3 is 2.16 bits per heavy atom. The number of hydrogen-bond acceptors (Lipinski definition) is 8. The van der Waals surface area contributed by atoms with Crippen LogP contribution < -0.4 is 10.1 Å². The van der Waals surface area contributed by atoms with Crippen molar-refractivity contribution in [3.8, 4) is 5.75 Å². The molecule has 0 saturated carbocycles. The van der Waals surface area contributed by atoms with Crippen LogP contribution in [0.3, 0.4) is 0 Å². The van der Waals surface area contributed by atoms with Crippen molar-refractivity contribution >= 4 is 23.3 Å². The first kappa shape index (κ1) is 28.4. The molecule has 1 aliphatic heterocycles. The lowest BCUT2D eigenvalue weighted by Crippen LogP contribution is -2.41. The van der Waals surface area contributed by atoms with Gasteiger partial charge >= 0.3 is 6.08 Å². The van der Waals surface area contributed by atoms with Gasteiger partial charge in [0.05, 0.1) is 20.0 Å². The Labute approximate surface area is 246 Å². The van der Waals surface area contributed by atoms with Crippen LogP contribution in [0.5, 0.6) is 5.75 Å². The number of aldehydes is 1. The number of halogens is 2. The van der Waals surface area contributed by atoms with Crippen molar-refractivity contribution in [2.24, 2.45) is 5.92 Å². The van der Waals surface area contributed by atoms with Crippen LogP contribution in [0.1, 0.15) is 29.8 Å². The summed E-state index contributed by atoms with van der Waals surface area (Å²) >= 11 is 0. The van der Waals surface area contributed by atoms with Gasteiger partial charge in [-0.25, -0.2) is 9.37 Å². The number of imidazole rings is 1. The second-order valence-corrected chi connectivity index (χ2v) is 10.5. The van der Waals surface area contributed by atoms with E-state index in [1.54, 1.807) is 7.11 Å². The van der Waals surface area contributed by atoms with Gasteiger partial charge in [-0.3, -0.25) is 4.57 Å². The summed E-state index contributed by atoms with van der Waals surface area (Å²) in [5.41, 5.74) is -0.287. The smallest absolute Gasteiger partial charge is 0.312 e. The Bertz CT molecular complexity index is 1700. The van der Waals surface area contributed by atoms with Crippen molar-refractivity contribution in [1.29, 1.82) is 0 Å². The maximum Gasteiger partial charge on any atom is 0.312 e. The predicted octanol–water partition coefficient (Wildman–Crippen LogP) is 4.81. The molecule has 0 radical (unpaired) electrons. The fourth-order valence-electron chi connectivity index (χ4n) is 5.75. The van der Waals surface area contributed by atoms with Gasteiger partial charge in [0.2, 0.25) is 0 Å². The third-order valence-corrected chi connectivity index (χ3v) is 8.22. The standard InChI is InChI=1S/C32H29F2N5O4/c1-20-25(33)29(43-31(20,17-40)18-41)39-19-35-26-27(36-30(34)37-28(26)39)38-32(21-9-5-3-6-10-21,22-11-7-4-8-12-22)23-13-15-24(42-2)16-14-23/h3-17,19-20,25,29,41H,18H2,1-2H3,(H,36,37,38)/t20-,25-,29+,31+/m0/s1. The highest BCUT2D eigenvalue weighted by Gasteiger charge is 2.54. The molecule has 1 saturated heterocycles. The van der Waals surface area contributed by atoms with E-state index < -0.39 is 42.1 Å². The molecule has 5 aromatic rings. The molecular weight excluding hydrogens is 556 g/mol. The molecule has 0 amide bonds. The second kappa shape index (κ2) is 11.2. The Morgan fingerprint density at radius 2 is 1.63 bits per heavy atom. The van der Waals surface area contributed by atoms with Crippen LogP contribution in [0.15, 0.2) is 91.3 Å². The van der Waals surface area contributed by atoms with Crippen molar-refractivity contribution in [2.75, 3.05) is 19.0 Å². The molecule has 43 heavy (non-hydrogen) atoms. The first-order valence-electron chi connectivity index (χ1n) is 13.7. The molecule has 3 aromatic carbocycles. The zero-order chi connectivity index (χ0) is 30.2. The normalized spacial score (nSPS) is 22.0. The Kier molecular flexibility index (Phi) is 7.37. The number of ether oxygens (including phenoxy) is 2. The summed E-state index contributed by atoms with van der Waals surface area (Å²) in [7, 11) is 1.59. The van der Waals surface area contributed by atoms with Gasteiger partial charge in [0, 0.05) is 5.92 Å². The van der Waals surface area contributed by atoms with E-state index in [-0.39, 0.29) is 17.0 Å². The predicted molar refractivity (Wildman–Crippen MR) is 155 cm³/mol. The lowest BCUT2D eigenvalue weighted by Gasteiger charge is -2.37. The van der Waals surface area contributed by atoms with Gasteiger partial charge < -0.3 is 24.7 Å². The SMILES string of the molecule is COc1ccc(C(Nc2nc(F)nc3c2ncn3[C@@H]2O[C@](C=O)(CO)[C@@H](C)[C@@H]2F)(c2ccccc2)c2ccccc2)cc1. The molecule has 2 N–H and O–H groups in total. The summed E-state index contributed by atoms with van der Waals surface area (Å²) in [5.74, 6) is -0.260. The quantitative estimate of drug-likeness (QED) is 0.144. The van der Waals surface area contributed by atoms with Gasteiger partial charge in [-0.1, -0.05) is 79.7 Å². The molecule has 0 spiro atoms. The van der Waals surface area contributed by atoms with E-state index >= 15 is 8.78 Å². The summed E-state index contributed by atoms with van der Waals surface area (Å²) < 4.78 is 43.1. The molecule has 1 aliphatic rings. The van der Waals surface area contributed by atoms with Crippen LogP contribution in [-0.2, 0) is 15.1 Å². The number of alkyl halides is 1. The number of nitrogens with one attached hydrogen (secondary N) is 1. The average Bonchev–Trinajstić information content (AvgIpc) is 3.58. The van der Waals surface area contributed by atoms with E-state index in [2.05, 4.69) is 20.3 Å². The van der Waals surface area contributed by atoms with E-state index in [4.69, 9.17) is 9.47 Å². The number of carbonyl (C=O) groups excluding carboxylic acids is 1. The van der Waals surface area contributed by atoms with Gasteiger partial charge in [-0.15, -0.1) is 0 Å². The van der Waals surface area contributed by atoms with Crippen molar-refractivity contribution in [1.82, 2.24) is 19.5 Å². The number of anilines is 1. The number of benzene rings is 3. The van der Waals surface area contributed by atoms with E-state index in [1.165, 1.54) is 17.8 Å². The minimum atomic E-state index is -1.75. The largest absolute Gasteiger partial charge is 0.497 e. The molecule has 2 aromatic heterocycles. The van der Waals surface area contributed by atoms with Crippen molar-refractivity contribution in [3.63, 3.8) is 0 Å². The molecule has 11 heteroatoms. The minimum Gasteiger partial charge on any atom is -0.497 e. The number of hydrogen-bond donors (Lipinski definition) is 2. The van der Waals surface area contributed by atoms with Crippen LogP contribution >= 0.6 is 0 Å². The minimum absolute atomic E-state index is 0.0424. The molecule has 0 bridgehead atoms. The van der Waals surface area contributed by atoms with Gasteiger partial charge in [0.1, 0.15) is 11.3 Å². The Morgan fingerprint density at radius 1 is 1.02 bits per heavy atom. The number of carbonyl (C=O) groups is 1. The number of fused-ring (bicyclic) bond motifs is 1. The Hall–Kier alpha value is -4.74. The highest BCUT2D eigenvalue weighted by Crippen LogP contribution is 2.44. The number of nitrogens with zero attached hydrogens (tertiary/aromatic N) is 4. The summed E-state index contributed by atoms with van der Waals surface area (Å²) in [5, 5.41) is 13.3. The monoisotopic (exact) mass is 585 g/mol. The lowest BCUT2D eigenvalue weighted by atomic mass is 9.77. The molecule has 6 rings (SSSR count). The highest BCUT2D eigenvalue weighted by molar-refractivity contribution is 5.84. The molecule has 0 unspecified atom stereocenters. The van der Waals surface area contributed by atoms with Crippen LogP contribution in [0.25, 0.3) is 11.2 Å². The van der Waals surface area contributed by atoms with Crippen molar-refractivity contribution in [2.45, 2.75) is 30.5 Å². The summed E-state index contributed by atoms with van der Waals surface area (Å²) in [6.07, 6.45) is -2.50. The number of aliphatic hydroxyl groups is 1. The van der Waals surface area contributed by atoms with E-state index in [0.29, 0.717) is 12.0 Å². The van der Waals surface area contributed by atoms with E-state index in [0.717, 1.165) is 16.7 Å². The summed E-state index contributed by atoms with van der Waals surface area (Å²) in [4.78, 5) is 24.3. The number of rotatable bonds is 9. The van der Waals surface area contributed by atoms with Crippen molar-refractivity contribution in [3.05, 3.63) is 114 Å². The number of aromatic nitrogens is 4. The molecule has 9 nitrogen and oxygen atoms in total. The van der Waals surface area contributed by atoms with E-state index in [9.17, 15) is 9.90 Å². The van der Waals surface area contributed by atoms with Gasteiger partial charge in [0.25, 0.3) is 0 Å². The van der Waals surface area contributed by atoms with Gasteiger partial charge in [-0.2, -0.15) is 14.4 Å². The Balaban J connectivity index is 1.55. The molecule has 1 fully saturated rings. The fourth-order valence-corrected chi connectivity index (χ4v) is 5.75. The second-order valence-electron chi connectivity index (χ2n) is 10.5. The first-order chi connectivity index (χ1) is 20.9. The molecule has 4 atom stereocenters. The maximum absolute atomic E-state index is 15.5. The number of aliphatic hydroxyl groups excluding tert-OH is 1. The van der Waals surface area contributed by atoms with Crippen LogP contribution in [-0.4, -0.2) is 56.4 Å². The molecular formula is C32H29F2N5O4. The zero-order valence-electron chi connectivity index (χ0n) is 23.4. The number of methoxy groups -OCH3 is 1. The van der Waals surface area contributed by atoms with Crippen LogP contribution in [0.2, 0.25) is 0 Å². The summed E-state index contributed by atoms with van der Waals surface area (Å²) in [6, 6.07) is 26.7. The molecule has 0 aliphatic carbocycles. The van der Waals surface area contributed by atoms with Gasteiger partial charge in [0.15, 0.2) is 41.3 Å². The summed E-state index contributed by atoms with van der Waals surface area (Å²) in [6.45, 7) is 0.760. The topological polar surface area (TPSA) is 111 Å². The van der Waals surface area contributed by atoms with Crippen molar-refractivity contribution < 1.29 is 28.2 Å². The third-order valence-electron chi connectivity index (χ3n) is 8.22. The maximum atomic E-state index is 15.5. The van der Waals surface area contributed by atoms with Crippen LogP contribution in [0, 0.1) is 12.0 Å². The van der Waals surface area contributed by atoms with E-state index in [1.807, 2.05) is 84.9 Å². The first-order valence-corrected chi connectivity index (χ1v) is 13.7. The van der Waals surface area contributed by atoms with Gasteiger partial charge in [-0.05, 0) is 28.8 Å². The lowest BCUT2D eigenvalue weighted by molar-refractivity contribution is -0.145. The fraction of sp³-hybridized carbons (Fsp3) is 0.250. The highest BCUT2D eigenvalue weighted by atomic mass is 19.1. The zero-order valence-corrected chi connectivity index (χ0v) is 23.4. The third kappa shape index (κ3) is 4.61. The average molecular weight is 586 g/mol.